The summed E-state index contributed by atoms with van der Waals surface area (Å²) < 4.78 is 21.9. The number of carbonyl (C=O) groups is 1. The molecule has 1 N–H and O–H groups in total. The Bertz CT molecular complexity index is 975. The third-order valence-electron chi connectivity index (χ3n) is 3.84. The molecule has 0 radical (unpaired) electrons. The van der Waals surface area contributed by atoms with Crippen LogP contribution in [-0.4, -0.2) is 24.8 Å². The summed E-state index contributed by atoms with van der Waals surface area (Å²) >= 11 is 3.41. The zero-order chi connectivity index (χ0) is 16.8. The second-order valence-electron chi connectivity index (χ2n) is 5.16. The van der Waals surface area contributed by atoms with Gasteiger partial charge in [-0.1, -0.05) is 0 Å². The van der Waals surface area contributed by atoms with Crippen molar-refractivity contribution in [3.05, 3.63) is 46.1 Å². The fourth-order valence-electron chi connectivity index (χ4n) is 2.63. The van der Waals surface area contributed by atoms with E-state index in [0.717, 1.165) is 0 Å². The maximum atomic E-state index is 12.8. The summed E-state index contributed by atoms with van der Waals surface area (Å²) in [6, 6.07) is 6.21. The lowest BCUT2D eigenvalue weighted by molar-refractivity contribution is 0.103. The van der Waals surface area contributed by atoms with Crippen molar-refractivity contribution in [1.82, 2.24) is 0 Å². The van der Waals surface area contributed by atoms with Crippen molar-refractivity contribution in [2.75, 3.05) is 13.9 Å². The first-order valence-electron chi connectivity index (χ1n) is 7.01. The number of carbonyl (C=O) groups excluding carboxylic acids is 1. The SMILES string of the molecule is COc1ccc(C(=O)c2coc3c(Br)c4c(cc23)OCO4)c(O)c1. The molecule has 7 heteroatoms. The molecule has 1 aliphatic heterocycles. The number of phenolic OH excluding ortho intramolecular Hbond substituents is 1. The first-order chi connectivity index (χ1) is 11.6. The van der Waals surface area contributed by atoms with Gasteiger partial charge in [0, 0.05) is 11.5 Å². The van der Waals surface area contributed by atoms with E-state index in [-0.39, 0.29) is 23.9 Å². The van der Waals surface area contributed by atoms with Gasteiger partial charge in [0.05, 0.1) is 18.2 Å². The maximum absolute atomic E-state index is 12.8. The monoisotopic (exact) mass is 390 g/mol. The minimum atomic E-state index is -0.361. The highest BCUT2D eigenvalue weighted by molar-refractivity contribution is 9.10. The molecule has 0 fully saturated rings. The van der Waals surface area contributed by atoms with E-state index in [4.69, 9.17) is 18.6 Å². The Hall–Kier alpha value is -2.67. The number of aromatic hydroxyl groups is 1. The third-order valence-corrected chi connectivity index (χ3v) is 4.56. The second-order valence-corrected chi connectivity index (χ2v) is 5.96. The Morgan fingerprint density at radius 3 is 2.83 bits per heavy atom. The molecule has 0 amide bonds. The number of hydrogen-bond acceptors (Lipinski definition) is 6. The van der Waals surface area contributed by atoms with E-state index in [1.165, 1.54) is 25.5 Å². The average molecular weight is 391 g/mol. The van der Waals surface area contributed by atoms with Crippen LogP contribution in [0.4, 0.5) is 0 Å². The molecule has 4 rings (SSSR count). The zero-order valence-electron chi connectivity index (χ0n) is 12.5. The molecule has 3 aromatic rings. The van der Waals surface area contributed by atoms with Crippen molar-refractivity contribution in [3.8, 4) is 23.0 Å². The first-order valence-corrected chi connectivity index (χ1v) is 7.80. The molecule has 0 saturated carbocycles. The smallest absolute Gasteiger partial charge is 0.231 e. The average Bonchev–Trinajstić information content (AvgIpc) is 3.21. The van der Waals surface area contributed by atoms with Gasteiger partial charge in [0.15, 0.2) is 17.1 Å². The lowest BCUT2D eigenvalue weighted by Crippen LogP contribution is -2.01. The fraction of sp³-hybridized carbons (Fsp3) is 0.118. The summed E-state index contributed by atoms with van der Waals surface area (Å²) in [5.74, 6) is 1.02. The Labute approximate surface area is 144 Å². The zero-order valence-corrected chi connectivity index (χ0v) is 14.0. The second kappa shape index (κ2) is 5.45. The molecule has 24 heavy (non-hydrogen) atoms. The van der Waals surface area contributed by atoms with Crippen LogP contribution in [0.3, 0.4) is 0 Å². The Kier molecular flexibility index (Phi) is 3.38. The molecule has 0 atom stereocenters. The third kappa shape index (κ3) is 2.12. The van der Waals surface area contributed by atoms with Crippen molar-refractivity contribution in [2.45, 2.75) is 0 Å². The first kappa shape index (κ1) is 14.9. The lowest BCUT2D eigenvalue weighted by Gasteiger charge is -2.06. The van der Waals surface area contributed by atoms with E-state index in [9.17, 15) is 9.90 Å². The number of halogens is 1. The highest BCUT2D eigenvalue weighted by atomic mass is 79.9. The van der Waals surface area contributed by atoms with Crippen LogP contribution in [0.2, 0.25) is 0 Å². The molecule has 0 bridgehead atoms. The minimum Gasteiger partial charge on any atom is -0.507 e. The topological polar surface area (TPSA) is 78.1 Å². The number of fused-ring (bicyclic) bond motifs is 2. The van der Waals surface area contributed by atoms with Gasteiger partial charge in [-0.25, -0.2) is 0 Å². The summed E-state index contributed by atoms with van der Waals surface area (Å²) in [4.78, 5) is 12.8. The summed E-state index contributed by atoms with van der Waals surface area (Å²) in [5, 5.41) is 10.7. The van der Waals surface area contributed by atoms with E-state index in [2.05, 4.69) is 15.9 Å². The lowest BCUT2D eigenvalue weighted by atomic mass is 10.0. The quantitative estimate of drug-likeness (QED) is 0.683. The number of ether oxygens (including phenoxy) is 3. The van der Waals surface area contributed by atoms with Crippen LogP contribution in [-0.2, 0) is 0 Å². The number of ketones is 1. The molecule has 0 aliphatic carbocycles. The maximum Gasteiger partial charge on any atom is 0.231 e. The van der Waals surface area contributed by atoms with E-state index in [1.807, 2.05) is 0 Å². The van der Waals surface area contributed by atoms with Crippen LogP contribution in [0, 0.1) is 0 Å². The normalized spacial score (nSPS) is 12.6. The van der Waals surface area contributed by atoms with Crippen molar-refractivity contribution >= 4 is 32.7 Å². The minimum absolute atomic E-state index is 0.114. The number of phenols is 1. The standard InChI is InChI=1S/C17H11BrO6/c1-21-8-2-3-9(12(19)4-8)15(20)11-6-22-16-10(11)5-13-17(14(16)18)24-7-23-13/h2-6,19H,7H2,1H3. The molecule has 6 nitrogen and oxygen atoms in total. The molecular weight excluding hydrogens is 380 g/mol. The summed E-state index contributed by atoms with van der Waals surface area (Å²) in [7, 11) is 1.49. The van der Waals surface area contributed by atoms with Gasteiger partial charge in [0.1, 0.15) is 22.2 Å². The van der Waals surface area contributed by atoms with Gasteiger partial charge in [-0.2, -0.15) is 0 Å². The number of hydrogen-bond donors (Lipinski definition) is 1. The van der Waals surface area contributed by atoms with Crippen molar-refractivity contribution < 1.29 is 28.5 Å². The number of benzene rings is 2. The Morgan fingerprint density at radius 1 is 1.25 bits per heavy atom. The van der Waals surface area contributed by atoms with Crippen molar-refractivity contribution in [3.63, 3.8) is 0 Å². The fourth-order valence-corrected chi connectivity index (χ4v) is 3.25. The van der Waals surface area contributed by atoms with E-state index in [0.29, 0.717) is 38.3 Å². The van der Waals surface area contributed by atoms with E-state index < -0.39 is 0 Å². The van der Waals surface area contributed by atoms with Gasteiger partial charge in [0.2, 0.25) is 12.6 Å². The summed E-state index contributed by atoms with van der Waals surface area (Å²) in [6.07, 6.45) is 1.36. The van der Waals surface area contributed by atoms with Crippen LogP contribution in [0.1, 0.15) is 15.9 Å². The molecular formula is C17H11BrO6. The molecule has 2 heterocycles. The number of furan rings is 1. The van der Waals surface area contributed by atoms with Gasteiger partial charge in [0.25, 0.3) is 0 Å². The molecule has 0 saturated heterocycles. The molecule has 122 valence electrons. The highest BCUT2D eigenvalue weighted by Crippen LogP contribution is 2.45. The molecule has 2 aromatic carbocycles. The Balaban J connectivity index is 1.85. The van der Waals surface area contributed by atoms with Crippen LogP contribution < -0.4 is 14.2 Å². The van der Waals surface area contributed by atoms with E-state index >= 15 is 0 Å². The largest absolute Gasteiger partial charge is 0.507 e. The predicted molar refractivity (Wildman–Crippen MR) is 88.1 cm³/mol. The molecule has 0 spiro atoms. The van der Waals surface area contributed by atoms with Crippen LogP contribution in [0.25, 0.3) is 11.0 Å². The van der Waals surface area contributed by atoms with Crippen molar-refractivity contribution in [1.29, 1.82) is 0 Å². The number of methoxy groups -OCH3 is 1. The van der Waals surface area contributed by atoms with Gasteiger partial charge in [-0.05, 0) is 34.1 Å². The number of rotatable bonds is 3. The van der Waals surface area contributed by atoms with Gasteiger partial charge >= 0.3 is 0 Å². The molecule has 1 aromatic heterocycles. The van der Waals surface area contributed by atoms with Crippen molar-refractivity contribution in [2.24, 2.45) is 0 Å². The van der Waals surface area contributed by atoms with Crippen LogP contribution >= 0.6 is 15.9 Å². The predicted octanol–water partition coefficient (Wildman–Crippen LogP) is 3.87. The molecule has 1 aliphatic rings. The van der Waals surface area contributed by atoms with Crippen LogP contribution in [0.5, 0.6) is 23.0 Å². The summed E-state index contributed by atoms with van der Waals surface area (Å²) in [6.45, 7) is 0.114. The van der Waals surface area contributed by atoms with Gasteiger partial charge in [-0.15, -0.1) is 0 Å². The van der Waals surface area contributed by atoms with Crippen LogP contribution in [0.15, 0.2) is 39.4 Å². The van der Waals surface area contributed by atoms with Gasteiger partial charge < -0.3 is 23.7 Å². The Morgan fingerprint density at radius 2 is 2.08 bits per heavy atom. The highest BCUT2D eigenvalue weighted by Gasteiger charge is 2.26. The molecule has 0 unspecified atom stereocenters. The van der Waals surface area contributed by atoms with Gasteiger partial charge in [-0.3, -0.25) is 4.79 Å². The summed E-state index contributed by atoms with van der Waals surface area (Å²) in [5.41, 5.74) is 0.965. The van der Waals surface area contributed by atoms with E-state index in [1.54, 1.807) is 12.1 Å².